The largest absolute Gasteiger partial charge is 0.390 e. The van der Waals surface area contributed by atoms with Crippen molar-refractivity contribution in [1.29, 1.82) is 0 Å². The Labute approximate surface area is 173 Å². The van der Waals surface area contributed by atoms with Crippen molar-refractivity contribution in [1.82, 2.24) is 15.0 Å². The van der Waals surface area contributed by atoms with Crippen molar-refractivity contribution >= 4 is 27.3 Å². The monoisotopic (exact) mass is 403 g/mol. The van der Waals surface area contributed by atoms with Gasteiger partial charge in [0, 0.05) is 41.7 Å². The number of aromatic nitrogens is 3. The average Bonchev–Trinajstić information content (AvgIpc) is 3.16. The summed E-state index contributed by atoms with van der Waals surface area (Å²) in [5.41, 5.74) is 5.50. The summed E-state index contributed by atoms with van der Waals surface area (Å²) < 4.78 is 1.06. The van der Waals surface area contributed by atoms with Crippen molar-refractivity contribution in [3.05, 3.63) is 65.7 Å². The van der Waals surface area contributed by atoms with Gasteiger partial charge in [0.15, 0.2) is 0 Å². The van der Waals surface area contributed by atoms with E-state index in [1.807, 2.05) is 43.5 Å². The predicted octanol–water partition coefficient (Wildman–Crippen LogP) is 4.82. The Morgan fingerprint density at radius 2 is 2.00 bits per heavy atom. The molecule has 0 bridgehead atoms. The van der Waals surface area contributed by atoms with Crippen LogP contribution < -0.4 is 0 Å². The molecule has 0 amide bonds. The molecule has 0 atom stereocenters. The molecular formula is C23H21N3O2S. The van der Waals surface area contributed by atoms with Crippen LogP contribution in [0.2, 0.25) is 0 Å². The number of fused-ring (bicyclic) bond motifs is 1. The number of Topliss-reactive ketones (excluding diaryl/α,β-unsaturated/α-hetero) is 1. The van der Waals surface area contributed by atoms with Crippen molar-refractivity contribution in [2.45, 2.75) is 32.8 Å². The second-order valence-corrected chi connectivity index (χ2v) is 7.97. The first-order valence-electron chi connectivity index (χ1n) is 9.59. The number of thiazole rings is 1. The molecule has 0 fully saturated rings. The second-order valence-electron chi connectivity index (χ2n) is 6.88. The van der Waals surface area contributed by atoms with Crippen molar-refractivity contribution < 1.29 is 9.90 Å². The molecule has 0 aliphatic heterocycles. The van der Waals surface area contributed by atoms with E-state index in [1.54, 1.807) is 23.7 Å². The van der Waals surface area contributed by atoms with Gasteiger partial charge in [0.2, 0.25) is 0 Å². The zero-order valence-electron chi connectivity index (χ0n) is 16.1. The minimum atomic E-state index is -0.0819. The number of pyridine rings is 2. The predicted molar refractivity (Wildman–Crippen MR) is 116 cm³/mol. The number of ketones is 1. The Kier molecular flexibility index (Phi) is 5.74. The minimum absolute atomic E-state index is 0.0819. The molecule has 4 aromatic rings. The van der Waals surface area contributed by atoms with E-state index in [2.05, 4.69) is 16.0 Å². The summed E-state index contributed by atoms with van der Waals surface area (Å²) in [6.45, 7) is 1.93. The van der Waals surface area contributed by atoms with Gasteiger partial charge >= 0.3 is 0 Å². The number of aliphatic hydroxyl groups excluding tert-OH is 1. The number of rotatable bonds is 7. The lowest BCUT2D eigenvalue weighted by molar-refractivity contribution is -0.118. The topological polar surface area (TPSA) is 76.0 Å². The molecular weight excluding hydrogens is 382 g/mol. The highest BCUT2D eigenvalue weighted by molar-refractivity contribution is 7.19. The van der Waals surface area contributed by atoms with Gasteiger partial charge in [-0.3, -0.25) is 14.8 Å². The van der Waals surface area contributed by atoms with Crippen molar-refractivity contribution in [2.75, 3.05) is 0 Å². The molecule has 0 aliphatic carbocycles. The maximum absolute atomic E-state index is 12.1. The fourth-order valence-corrected chi connectivity index (χ4v) is 4.39. The summed E-state index contributed by atoms with van der Waals surface area (Å²) in [7, 11) is 0. The third-order valence-corrected chi connectivity index (χ3v) is 5.81. The van der Waals surface area contributed by atoms with E-state index in [0.717, 1.165) is 43.9 Å². The van der Waals surface area contributed by atoms with Crippen LogP contribution in [0.4, 0.5) is 0 Å². The number of carbonyl (C=O) groups is 1. The van der Waals surface area contributed by atoms with Gasteiger partial charge in [-0.2, -0.15) is 0 Å². The van der Waals surface area contributed by atoms with Gasteiger partial charge in [-0.15, -0.1) is 11.3 Å². The van der Waals surface area contributed by atoms with Crippen molar-refractivity contribution in [2.24, 2.45) is 0 Å². The third-order valence-electron chi connectivity index (χ3n) is 4.70. The van der Waals surface area contributed by atoms with E-state index in [4.69, 9.17) is 4.98 Å². The molecule has 146 valence electrons. The molecule has 0 saturated heterocycles. The molecule has 0 unspecified atom stereocenters. The molecule has 5 nitrogen and oxygen atoms in total. The summed E-state index contributed by atoms with van der Waals surface area (Å²) in [5.74, 6) is 0.221. The van der Waals surface area contributed by atoms with Gasteiger partial charge in [0.1, 0.15) is 10.8 Å². The van der Waals surface area contributed by atoms with Crippen LogP contribution in [0.15, 0.2) is 55.0 Å². The molecule has 4 rings (SSSR count). The molecule has 0 aliphatic rings. The Hall–Kier alpha value is -2.96. The van der Waals surface area contributed by atoms with Gasteiger partial charge < -0.3 is 5.11 Å². The van der Waals surface area contributed by atoms with Crippen LogP contribution in [0.5, 0.6) is 0 Å². The summed E-state index contributed by atoms with van der Waals surface area (Å²) >= 11 is 1.57. The van der Waals surface area contributed by atoms with Crippen LogP contribution in [0.3, 0.4) is 0 Å². The average molecular weight is 404 g/mol. The number of carbonyl (C=O) groups excluding carboxylic acids is 1. The van der Waals surface area contributed by atoms with Crippen molar-refractivity contribution in [3.63, 3.8) is 0 Å². The first kappa shape index (κ1) is 19.4. The smallest absolute Gasteiger partial charge is 0.139 e. The van der Waals surface area contributed by atoms with E-state index in [0.29, 0.717) is 18.5 Å². The summed E-state index contributed by atoms with van der Waals surface area (Å²) in [5, 5.41) is 10.1. The Morgan fingerprint density at radius 1 is 1.10 bits per heavy atom. The highest BCUT2D eigenvalue weighted by Gasteiger charge is 2.15. The Balaban J connectivity index is 1.84. The van der Waals surface area contributed by atoms with E-state index >= 15 is 0 Å². The van der Waals surface area contributed by atoms with E-state index in [-0.39, 0.29) is 12.4 Å². The lowest BCUT2D eigenvalue weighted by Crippen LogP contribution is -2.00. The number of hydrogen-bond donors (Lipinski definition) is 1. The summed E-state index contributed by atoms with van der Waals surface area (Å²) in [6, 6.07) is 11.9. The summed E-state index contributed by atoms with van der Waals surface area (Å²) in [4.78, 5) is 25.4. The maximum Gasteiger partial charge on any atom is 0.139 e. The molecule has 0 saturated carbocycles. The van der Waals surface area contributed by atoms with Crippen LogP contribution >= 0.6 is 11.3 Å². The first-order chi connectivity index (χ1) is 14.2. The quantitative estimate of drug-likeness (QED) is 0.479. The number of hydrogen-bond acceptors (Lipinski definition) is 6. The highest BCUT2D eigenvalue weighted by atomic mass is 32.1. The van der Waals surface area contributed by atoms with Crippen LogP contribution in [0, 0.1) is 0 Å². The number of benzene rings is 1. The summed E-state index contributed by atoms with van der Waals surface area (Å²) in [6.07, 6.45) is 7.17. The minimum Gasteiger partial charge on any atom is -0.390 e. The standard InChI is InChI=1S/C23H21N3O2S/c1-2-4-19(28)11-22-26-21-10-17(15-6-7-18(14-27)25-13-15)9-20(23(21)29-22)16-5-3-8-24-12-16/h3,5-10,12-13,27H,2,4,11,14H2,1H3. The van der Waals surface area contributed by atoms with Gasteiger partial charge in [-0.05, 0) is 36.2 Å². The number of nitrogens with zero attached hydrogens (tertiary/aromatic N) is 3. The van der Waals surface area contributed by atoms with Crippen LogP contribution in [-0.2, 0) is 17.8 Å². The fraction of sp³-hybridized carbons (Fsp3) is 0.217. The van der Waals surface area contributed by atoms with Crippen LogP contribution in [-0.4, -0.2) is 25.8 Å². The fourth-order valence-electron chi connectivity index (χ4n) is 3.28. The molecule has 3 heterocycles. The van der Waals surface area contributed by atoms with Gasteiger partial charge in [0.05, 0.1) is 28.9 Å². The first-order valence-corrected chi connectivity index (χ1v) is 10.4. The maximum atomic E-state index is 12.1. The lowest BCUT2D eigenvalue weighted by atomic mass is 10.00. The third kappa shape index (κ3) is 4.23. The molecule has 0 radical (unpaired) electrons. The van der Waals surface area contributed by atoms with E-state index in [1.165, 1.54) is 0 Å². The SMILES string of the molecule is CCCC(=O)Cc1nc2cc(-c3ccc(CO)nc3)cc(-c3cccnc3)c2s1. The van der Waals surface area contributed by atoms with Crippen molar-refractivity contribution in [3.8, 4) is 22.3 Å². The lowest BCUT2D eigenvalue weighted by Gasteiger charge is -2.08. The second kappa shape index (κ2) is 8.59. The molecule has 0 spiro atoms. The highest BCUT2D eigenvalue weighted by Crippen LogP contribution is 2.37. The number of aliphatic hydroxyl groups is 1. The van der Waals surface area contributed by atoms with E-state index in [9.17, 15) is 9.90 Å². The molecule has 1 aromatic carbocycles. The normalized spacial score (nSPS) is 11.1. The van der Waals surface area contributed by atoms with Crippen LogP contribution in [0.1, 0.15) is 30.5 Å². The van der Waals surface area contributed by atoms with E-state index < -0.39 is 0 Å². The molecule has 1 N–H and O–H groups in total. The van der Waals surface area contributed by atoms with Crippen LogP contribution in [0.25, 0.3) is 32.5 Å². The van der Waals surface area contributed by atoms with Gasteiger partial charge in [-0.1, -0.05) is 19.1 Å². The van der Waals surface area contributed by atoms with Gasteiger partial charge in [0.25, 0.3) is 0 Å². The molecule has 29 heavy (non-hydrogen) atoms. The zero-order chi connectivity index (χ0) is 20.2. The Bertz CT molecular complexity index is 1140. The molecule has 6 heteroatoms. The zero-order valence-corrected chi connectivity index (χ0v) is 16.9. The van der Waals surface area contributed by atoms with Gasteiger partial charge in [-0.25, -0.2) is 4.98 Å². The Morgan fingerprint density at radius 3 is 2.69 bits per heavy atom. The molecule has 3 aromatic heterocycles.